The Labute approximate surface area is 127 Å². The lowest BCUT2D eigenvalue weighted by atomic mass is 10.1. The van der Waals surface area contributed by atoms with Crippen LogP contribution in [0.1, 0.15) is 24.8 Å². The molecule has 3 rings (SSSR count). The number of sulfonamides is 1. The van der Waals surface area contributed by atoms with Crippen LogP contribution >= 0.6 is 0 Å². The maximum absolute atomic E-state index is 12.2. The highest BCUT2D eigenvalue weighted by molar-refractivity contribution is 7.90. The fraction of sp³-hybridized carbons (Fsp3) is 0.667. The summed E-state index contributed by atoms with van der Waals surface area (Å²) in [4.78, 5) is 6.38. The molecule has 0 aromatic carbocycles. The van der Waals surface area contributed by atoms with Gasteiger partial charge in [-0.2, -0.15) is 0 Å². The van der Waals surface area contributed by atoms with E-state index in [1.807, 2.05) is 12.3 Å². The Balaban J connectivity index is 1.50. The minimum absolute atomic E-state index is 0.0793. The van der Waals surface area contributed by atoms with Crippen molar-refractivity contribution < 1.29 is 8.42 Å². The first-order valence-electron chi connectivity index (χ1n) is 7.62. The van der Waals surface area contributed by atoms with Crippen molar-refractivity contribution in [3.05, 3.63) is 30.1 Å². The quantitative estimate of drug-likeness (QED) is 0.795. The zero-order valence-electron chi connectivity index (χ0n) is 12.5. The third kappa shape index (κ3) is 3.62. The van der Waals surface area contributed by atoms with Gasteiger partial charge in [0.2, 0.25) is 10.0 Å². The topological polar surface area (TPSA) is 53.5 Å². The van der Waals surface area contributed by atoms with Gasteiger partial charge in [0.25, 0.3) is 0 Å². The molecule has 0 amide bonds. The summed E-state index contributed by atoms with van der Waals surface area (Å²) < 4.78 is 26.2. The molecule has 2 fully saturated rings. The number of nitrogens with zero attached hydrogens (tertiary/aromatic N) is 3. The zero-order valence-corrected chi connectivity index (χ0v) is 13.3. The molecule has 0 unspecified atom stereocenters. The fourth-order valence-corrected chi connectivity index (χ4v) is 4.99. The van der Waals surface area contributed by atoms with E-state index in [-0.39, 0.29) is 5.25 Å². The zero-order chi connectivity index (χ0) is 14.9. The van der Waals surface area contributed by atoms with E-state index in [4.69, 9.17) is 0 Å². The van der Waals surface area contributed by atoms with Crippen LogP contribution in [0, 0.1) is 5.92 Å². The van der Waals surface area contributed by atoms with E-state index in [9.17, 15) is 8.42 Å². The van der Waals surface area contributed by atoms with Gasteiger partial charge < -0.3 is 4.90 Å². The van der Waals surface area contributed by atoms with Gasteiger partial charge in [0.1, 0.15) is 0 Å². The van der Waals surface area contributed by atoms with Crippen molar-refractivity contribution in [3.63, 3.8) is 0 Å². The lowest BCUT2D eigenvalue weighted by Gasteiger charge is -2.21. The fourth-order valence-electron chi connectivity index (χ4n) is 3.06. The van der Waals surface area contributed by atoms with Crippen LogP contribution in [0.15, 0.2) is 24.5 Å². The normalized spacial score (nSPS) is 23.8. The van der Waals surface area contributed by atoms with Crippen LogP contribution in [-0.2, 0) is 16.6 Å². The molecule has 1 aromatic heterocycles. The molecule has 1 atom stereocenters. The molecular weight excluding hydrogens is 286 g/mol. The Morgan fingerprint density at radius 3 is 2.86 bits per heavy atom. The molecule has 5 nitrogen and oxygen atoms in total. The van der Waals surface area contributed by atoms with Gasteiger partial charge in [0.15, 0.2) is 0 Å². The van der Waals surface area contributed by atoms with Gasteiger partial charge in [-0.3, -0.25) is 4.98 Å². The molecule has 116 valence electrons. The van der Waals surface area contributed by atoms with E-state index in [1.54, 1.807) is 10.5 Å². The van der Waals surface area contributed by atoms with Gasteiger partial charge in [0, 0.05) is 38.6 Å². The Kier molecular flexibility index (Phi) is 4.28. The monoisotopic (exact) mass is 309 g/mol. The molecule has 1 saturated carbocycles. The maximum Gasteiger partial charge on any atom is 0.216 e. The van der Waals surface area contributed by atoms with Gasteiger partial charge >= 0.3 is 0 Å². The Hall–Kier alpha value is -0.980. The standard InChI is InChI=1S/C15H23N3O2S/c1-17(10-13-3-2-7-16-9-13)11-14-6-8-18(12-14)21(19,20)15-4-5-15/h2-3,7,9,14-15H,4-6,8,10-12H2,1H3/t14-/m0/s1. The van der Waals surface area contributed by atoms with Crippen LogP contribution in [0.25, 0.3) is 0 Å². The Morgan fingerprint density at radius 2 is 2.19 bits per heavy atom. The molecule has 2 heterocycles. The molecule has 0 N–H and O–H groups in total. The SMILES string of the molecule is CN(Cc1cccnc1)C[C@@H]1CCN(S(=O)(=O)C2CC2)C1. The van der Waals surface area contributed by atoms with E-state index in [0.29, 0.717) is 19.0 Å². The highest BCUT2D eigenvalue weighted by Crippen LogP contribution is 2.33. The van der Waals surface area contributed by atoms with Crippen molar-refractivity contribution in [1.82, 2.24) is 14.2 Å². The summed E-state index contributed by atoms with van der Waals surface area (Å²) in [6.07, 6.45) is 6.34. The summed E-state index contributed by atoms with van der Waals surface area (Å²) in [5.41, 5.74) is 1.19. The van der Waals surface area contributed by atoms with Crippen LogP contribution in [0.2, 0.25) is 0 Å². The third-order valence-electron chi connectivity index (χ3n) is 4.30. The van der Waals surface area contributed by atoms with E-state index in [1.165, 1.54) is 5.56 Å². The molecule has 21 heavy (non-hydrogen) atoms. The lowest BCUT2D eigenvalue weighted by molar-refractivity contribution is 0.273. The molecule has 1 saturated heterocycles. The first-order chi connectivity index (χ1) is 10.1. The van der Waals surface area contributed by atoms with Crippen molar-refractivity contribution in [1.29, 1.82) is 0 Å². The number of rotatable bonds is 6. The van der Waals surface area contributed by atoms with E-state index < -0.39 is 10.0 Å². The predicted octanol–water partition coefficient (Wildman–Crippen LogP) is 1.33. The van der Waals surface area contributed by atoms with E-state index >= 15 is 0 Å². The molecule has 1 aliphatic carbocycles. The van der Waals surface area contributed by atoms with Gasteiger partial charge in [-0.05, 0) is 43.9 Å². The third-order valence-corrected chi connectivity index (χ3v) is 6.66. The largest absolute Gasteiger partial charge is 0.302 e. The summed E-state index contributed by atoms with van der Waals surface area (Å²) >= 11 is 0. The van der Waals surface area contributed by atoms with Crippen molar-refractivity contribution in [2.24, 2.45) is 5.92 Å². The van der Waals surface area contributed by atoms with Gasteiger partial charge in [-0.1, -0.05) is 6.07 Å². The second kappa shape index (κ2) is 6.02. The van der Waals surface area contributed by atoms with Crippen LogP contribution in [0.3, 0.4) is 0 Å². The summed E-state index contributed by atoms with van der Waals surface area (Å²) in [6, 6.07) is 4.02. The van der Waals surface area contributed by atoms with E-state index in [2.05, 4.69) is 23.0 Å². The minimum Gasteiger partial charge on any atom is -0.302 e. The average molecular weight is 309 g/mol. The molecule has 0 radical (unpaired) electrons. The molecule has 1 aliphatic heterocycles. The highest BCUT2D eigenvalue weighted by atomic mass is 32.2. The van der Waals surface area contributed by atoms with Crippen molar-refractivity contribution >= 4 is 10.0 Å². The number of hydrogen-bond acceptors (Lipinski definition) is 4. The van der Waals surface area contributed by atoms with Crippen LogP contribution in [0.5, 0.6) is 0 Å². The van der Waals surface area contributed by atoms with Gasteiger partial charge in [0.05, 0.1) is 5.25 Å². The second-order valence-electron chi connectivity index (χ2n) is 6.32. The number of aromatic nitrogens is 1. The minimum atomic E-state index is -2.99. The summed E-state index contributed by atoms with van der Waals surface area (Å²) in [5.74, 6) is 0.445. The highest BCUT2D eigenvalue weighted by Gasteiger charge is 2.42. The summed E-state index contributed by atoms with van der Waals surface area (Å²) in [7, 11) is -0.900. The summed E-state index contributed by atoms with van der Waals surface area (Å²) in [5, 5.41) is -0.0793. The first kappa shape index (κ1) is 14.9. The number of pyridine rings is 1. The smallest absolute Gasteiger partial charge is 0.216 e. The molecule has 0 bridgehead atoms. The maximum atomic E-state index is 12.2. The molecular formula is C15H23N3O2S. The van der Waals surface area contributed by atoms with Crippen LogP contribution < -0.4 is 0 Å². The van der Waals surface area contributed by atoms with Gasteiger partial charge in [-0.15, -0.1) is 0 Å². The molecule has 0 spiro atoms. The first-order valence-corrected chi connectivity index (χ1v) is 9.12. The molecule has 6 heteroatoms. The number of hydrogen-bond donors (Lipinski definition) is 0. The Bertz CT molecular complexity index is 572. The van der Waals surface area contributed by atoms with Gasteiger partial charge in [-0.25, -0.2) is 12.7 Å². The van der Waals surface area contributed by atoms with E-state index in [0.717, 1.165) is 32.4 Å². The lowest BCUT2D eigenvalue weighted by Crippen LogP contribution is -2.33. The van der Waals surface area contributed by atoms with Crippen molar-refractivity contribution in [2.75, 3.05) is 26.7 Å². The van der Waals surface area contributed by atoms with Crippen LogP contribution in [0.4, 0.5) is 0 Å². The molecule has 1 aromatic rings. The van der Waals surface area contributed by atoms with Crippen molar-refractivity contribution in [2.45, 2.75) is 31.1 Å². The molecule has 2 aliphatic rings. The Morgan fingerprint density at radius 1 is 1.38 bits per heavy atom. The van der Waals surface area contributed by atoms with Crippen molar-refractivity contribution in [3.8, 4) is 0 Å². The summed E-state index contributed by atoms with van der Waals surface area (Å²) in [6.45, 7) is 3.19. The predicted molar refractivity (Wildman–Crippen MR) is 82.2 cm³/mol. The average Bonchev–Trinajstić information content (AvgIpc) is 3.21. The second-order valence-corrected chi connectivity index (χ2v) is 8.53. The van der Waals surface area contributed by atoms with Crippen LogP contribution in [-0.4, -0.2) is 54.5 Å².